The van der Waals surface area contributed by atoms with Crippen LogP contribution in [0.1, 0.15) is 48.5 Å². The number of aromatic nitrogens is 2. The Bertz CT molecular complexity index is 1040. The Morgan fingerprint density at radius 3 is 2.06 bits per heavy atom. The normalized spacial score (nSPS) is 12.1. The Hall–Kier alpha value is -3.14. The smallest absolute Gasteiger partial charge is 0.311 e. The second-order valence-corrected chi connectivity index (χ2v) is 9.89. The van der Waals surface area contributed by atoms with Crippen LogP contribution in [0.25, 0.3) is 11.0 Å². The van der Waals surface area contributed by atoms with Crippen molar-refractivity contribution >= 4 is 34.7 Å². The number of esters is 2. The average Bonchev–Trinajstić information content (AvgIpc) is 3.08. The SMILES string of the molecule is CC(=O)Nc1cc(=O)c2ccn(COC(COC(=O)C(C)(C)C)COC(=O)C(C)(C)C)c2[nH]1. The minimum atomic E-state index is -0.731. The molecule has 0 aliphatic rings. The lowest BCUT2D eigenvalue weighted by Crippen LogP contribution is -2.34. The first-order chi connectivity index (χ1) is 15.2. The minimum Gasteiger partial charge on any atom is -0.462 e. The van der Waals surface area contributed by atoms with Crippen LogP contribution < -0.4 is 10.7 Å². The van der Waals surface area contributed by atoms with E-state index < -0.39 is 28.9 Å². The number of nitrogens with zero attached hydrogens (tertiary/aromatic N) is 1. The van der Waals surface area contributed by atoms with Gasteiger partial charge in [0.25, 0.3) is 0 Å². The maximum atomic E-state index is 12.3. The summed E-state index contributed by atoms with van der Waals surface area (Å²) in [5.41, 5.74) is -1.20. The third-order valence-corrected chi connectivity index (χ3v) is 4.54. The molecule has 0 bridgehead atoms. The monoisotopic (exact) mass is 463 g/mol. The molecule has 33 heavy (non-hydrogen) atoms. The third kappa shape index (κ3) is 7.45. The van der Waals surface area contributed by atoms with Gasteiger partial charge in [-0.1, -0.05) is 0 Å². The van der Waals surface area contributed by atoms with Gasteiger partial charge in [-0.25, -0.2) is 0 Å². The second kappa shape index (κ2) is 10.2. The third-order valence-electron chi connectivity index (χ3n) is 4.54. The number of H-pyrrole nitrogens is 1. The van der Waals surface area contributed by atoms with Crippen LogP contribution in [-0.4, -0.2) is 46.7 Å². The standard InChI is InChI=1S/C23H33N3O7/c1-14(27)24-18-10-17(28)16-8-9-26(19(16)25-18)13-33-15(11-31-20(29)22(2,3)4)12-32-21(30)23(5,6)7/h8-10,15H,11-13H2,1-7H3,(H2,24,25,27,28). The van der Waals surface area contributed by atoms with Crippen molar-refractivity contribution in [2.75, 3.05) is 18.5 Å². The summed E-state index contributed by atoms with van der Waals surface area (Å²) in [4.78, 5) is 51.0. The summed E-state index contributed by atoms with van der Waals surface area (Å²) in [5, 5.41) is 2.97. The van der Waals surface area contributed by atoms with Gasteiger partial charge in [0.1, 0.15) is 37.5 Å². The van der Waals surface area contributed by atoms with Gasteiger partial charge < -0.3 is 29.1 Å². The van der Waals surface area contributed by atoms with Crippen LogP contribution in [0.4, 0.5) is 5.82 Å². The summed E-state index contributed by atoms with van der Waals surface area (Å²) in [5.74, 6) is -0.877. The van der Waals surface area contributed by atoms with E-state index in [9.17, 15) is 19.2 Å². The van der Waals surface area contributed by atoms with Crippen molar-refractivity contribution in [3.63, 3.8) is 0 Å². The van der Waals surface area contributed by atoms with Crippen LogP contribution in [0.3, 0.4) is 0 Å². The highest BCUT2D eigenvalue weighted by atomic mass is 16.6. The average molecular weight is 464 g/mol. The molecule has 10 heteroatoms. The van der Waals surface area contributed by atoms with Crippen LogP contribution in [-0.2, 0) is 35.3 Å². The van der Waals surface area contributed by atoms with Gasteiger partial charge in [-0.2, -0.15) is 0 Å². The molecule has 0 aliphatic heterocycles. The molecule has 0 fully saturated rings. The summed E-state index contributed by atoms with van der Waals surface area (Å²) in [6.07, 6.45) is 0.921. The summed E-state index contributed by atoms with van der Waals surface area (Å²) in [6.45, 7) is 11.5. The van der Waals surface area contributed by atoms with E-state index in [1.54, 1.807) is 58.4 Å². The van der Waals surface area contributed by atoms with Gasteiger partial charge in [0, 0.05) is 19.2 Å². The summed E-state index contributed by atoms with van der Waals surface area (Å²) >= 11 is 0. The molecule has 0 aliphatic carbocycles. The number of carbonyl (C=O) groups is 3. The molecule has 0 spiro atoms. The van der Waals surface area contributed by atoms with Crippen LogP contribution in [0.5, 0.6) is 0 Å². The Morgan fingerprint density at radius 2 is 1.58 bits per heavy atom. The first kappa shape index (κ1) is 26.1. The number of amides is 1. The van der Waals surface area contributed by atoms with Crippen molar-refractivity contribution in [1.29, 1.82) is 0 Å². The Labute approximate surface area is 192 Å². The molecule has 182 valence electrons. The fraction of sp³-hybridized carbons (Fsp3) is 0.565. The fourth-order valence-electron chi connectivity index (χ4n) is 2.65. The maximum absolute atomic E-state index is 12.3. The van der Waals surface area contributed by atoms with Crippen molar-refractivity contribution in [1.82, 2.24) is 9.55 Å². The fourth-order valence-corrected chi connectivity index (χ4v) is 2.65. The molecule has 2 heterocycles. The lowest BCUT2D eigenvalue weighted by atomic mass is 9.97. The summed E-state index contributed by atoms with van der Waals surface area (Å²) < 4.78 is 18.2. The number of hydrogen-bond donors (Lipinski definition) is 2. The zero-order chi connectivity index (χ0) is 25.0. The van der Waals surface area contributed by atoms with E-state index in [0.717, 1.165) is 0 Å². The van der Waals surface area contributed by atoms with Crippen molar-refractivity contribution in [3.8, 4) is 0 Å². The molecule has 2 N–H and O–H groups in total. The zero-order valence-electron chi connectivity index (χ0n) is 20.2. The van der Waals surface area contributed by atoms with E-state index in [-0.39, 0.29) is 37.1 Å². The molecule has 0 aromatic carbocycles. The van der Waals surface area contributed by atoms with Gasteiger partial charge in [-0.15, -0.1) is 0 Å². The van der Waals surface area contributed by atoms with Gasteiger partial charge in [-0.3, -0.25) is 19.2 Å². The number of pyridine rings is 1. The largest absolute Gasteiger partial charge is 0.462 e. The number of anilines is 1. The molecule has 0 unspecified atom stereocenters. The molecule has 2 aromatic rings. The van der Waals surface area contributed by atoms with E-state index >= 15 is 0 Å². The van der Waals surface area contributed by atoms with E-state index in [4.69, 9.17) is 14.2 Å². The van der Waals surface area contributed by atoms with Crippen LogP contribution in [0.2, 0.25) is 0 Å². The van der Waals surface area contributed by atoms with Gasteiger partial charge in [0.2, 0.25) is 5.91 Å². The first-order valence-corrected chi connectivity index (χ1v) is 10.6. The Morgan fingerprint density at radius 1 is 1.03 bits per heavy atom. The minimum absolute atomic E-state index is 0.0201. The lowest BCUT2D eigenvalue weighted by molar-refractivity contribution is -0.166. The van der Waals surface area contributed by atoms with E-state index in [2.05, 4.69) is 10.3 Å². The summed E-state index contributed by atoms with van der Waals surface area (Å²) in [6, 6.07) is 2.93. The second-order valence-electron chi connectivity index (χ2n) is 9.89. The number of ether oxygens (including phenoxy) is 3. The van der Waals surface area contributed by atoms with Crippen LogP contribution in [0, 0.1) is 10.8 Å². The zero-order valence-corrected chi connectivity index (χ0v) is 20.2. The predicted molar refractivity (Wildman–Crippen MR) is 123 cm³/mol. The van der Waals surface area contributed by atoms with Crippen LogP contribution >= 0.6 is 0 Å². The van der Waals surface area contributed by atoms with Crippen molar-refractivity contribution in [2.24, 2.45) is 10.8 Å². The molecule has 0 atom stereocenters. The van der Waals surface area contributed by atoms with Gasteiger partial charge in [0.05, 0.1) is 16.2 Å². The van der Waals surface area contributed by atoms with E-state index in [1.165, 1.54) is 13.0 Å². The highest BCUT2D eigenvalue weighted by molar-refractivity contribution is 5.89. The van der Waals surface area contributed by atoms with Crippen molar-refractivity contribution in [3.05, 3.63) is 28.6 Å². The topological polar surface area (TPSA) is 129 Å². The number of hydrogen-bond acceptors (Lipinski definition) is 7. The number of rotatable bonds is 8. The highest BCUT2D eigenvalue weighted by Gasteiger charge is 2.27. The van der Waals surface area contributed by atoms with E-state index in [1.807, 2.05) is 0 Å². The van der Waals surface area contributed by atoms with Crippen molar-refractivity contribution < 1.29 is 28.6 Å². The first-order valence-electron chi connectivity index (χ1n) is 10.6. The number of aromatic amines is 1. The molecule has 10 nitrogen and oxygen atoms in total. The number of nitrogens with one attached hydrogen (secondary N) is 2. The van der Waals surface area contributed by atoms with Gasteiger partial charge in [0.15, 0.2) is 5.43 Å². The Balaban J connectivity index is 2.17. The molecule has 0 saturated heterocycles. The van der Waals surface area contributed by atoms with Gasteiger partial charge >= 0.3 is 11.9 Å². The number of fused-ring (bicyclic) bond motifs is 1. The van der Waals surface area contributed by atoms with Gasteiger partial charge in [-0.05, 0) is 47.6 Å². The molecule has 2 rings (SSSR count). The molecule has 0 radical (unpaired) electrons. The molecular weight excluding hydrogens is 430 g/mol. The lowest BCUT2D eigenvalue weighted by Gasteiger charge is -2.23. The number of carbonyl (C=O) groups excluding carboxylic acids is 3. The molecular formula is C23H33N3O7. The van der Waals surface area contributed by atoms with E-state index in [0.29, 0.717) is 11.0 Å². The maximum Gasteiger partial charge on any atom is 0.311 e. The Kier molecular flexibility index (Phi) is 8.07. The summed E-state index contributed by atoms with van der Waals surface area (Å²) in [7, 11) is 0. The molecule has 0 saturated carbocycles. The predicted octanol–water partition coefficient (Wildman–Crippen LogP) is 2.81. The molecule has 2 aromatic heterocycles. The quantitative estimate of drug-likeness (QED) is 0.576. The highest BCUT2D eigenvalue weighted by Crippen LogP contribution is 2.18. The van der Waals surface area contributed by atoms with Crippen LogP contribution in [0.15, 0.2) is 23.1 Å². The molecule has 1 amide bonds. The van der Waals surface area contributed by atoms with Crippen molar-refractivity contribution in [2.45, 2.75) is 61.3 Å².